The summed E-state index contributed by atoms with van der Waals surface area (Å²) in [4.78, 5) is 98.8. The zero-order chi connectivity index (χ0) is 79.7. The summed E-state index contributed by atoms with van der Waals surface area (Å²) in [6.07, 6.45) is 30.3. The minimum atomic E-state index is -3.43. The number of rotatable bonds is 19. The van der Waals surface area contributed by atoms with Gasteiger partial charge in [0.05, 0.1) is 56.5 Å². The maximum Gasteiger partial charge on any atom is 0.347 e. The van der Waals surface area contributed by atoms with Crippen LogP contribution in [0.3, 0.4) is 0 Å². The number of hydrogen-bond donors (Lipinski definition) is 1. The lowest BCUT2D eigenvalue weighted by molar-refractivity contribution is -0.225. The Bertz CT molecular complexity index is 3350. The Labute approximate surface area is 737 Å². The summed E-state index contributed by atoms with van der Waals surface area (Å²) in [5.41, 5.74) is -3.72. The third-order valence-electron chi connectivity index (χ3n) is 31.4. The fourth-order valence-electron chi connectivity index (χ4n) is 22.4. The summed E-state index contributed by atoms with van der Waals surface area (Å²) in [5, 5.41) is 10.3. The van der Waals surface area contributed by atoms with Gasteiger partial charge in [0, 0.05) is 30.1 Å². The molecule has 14 aliphatic carbocycles. The summed E-state index contributed by atoms with van der Waals surface area (Å²) in [6.45, 7) is 39.9. The molecule has 3 aliphatic heterocycles. The molecule has 14 atom stereocenters. The van der Waals surface area contributed by atoms with Crippen LogP contribution in [0.5, 0.6) is 0 Å². The van der Waals surface area contributed by atoms with E-state index in [0.29, 0.717) is 74.2 Å². The zero-order valence-electron chi connectivity index (χ0n) is 70.3. The number of imide groups is 1. The molecule has 3 heterocycles. The molecule has 12 bridgehead atoms. The Kier molecular flexibility index (Phi) is 45.0. The molecule has 0 spiro atoms. The van der Waals surface area contributed by atoms with Crippen LogP contribution in [-0.4, -0.2) is 125 Å². The van der Waals surface area contributed by atoms with Gasteiger partial charge in [-0.05, 0) is 302 Å². The van der Waals surface area contributed by atoms with Crippen molar-refractivity contribution in [1.82, 2.24) is 4.90 Å². The van der Waals surface area contributed by atoms with Crippen LogP contribution in [0.1, 0.15) is 427 Å². The molecule has 1 N–H and O–H groups in total. The smallest absolute Gasteiger partial charge is 0.347 e. The largest absolute Gasteiger partial charge is 0.463 e. The first kappa shape index (κ1) is 120. The second kappa shape index (κ2) is 45.0. The van der Waals surface area contributed by atoms with Crippen molar-refractivity contribution >= 4 is 57.7 Å². The maximum atomic E-state index is 12.7. The van der Waals surface area contributed by atoms with Crippen molar-refractivity contribution < 1.29 is 84.5 Å². The van der Waals surface area contributed by atoms with Crippen LogP contribution in [0.4, 0.5) is 0 Å². The number of amides is 2. The van der Waals surface area contributed by atoms with Crippen molar-refractivity contribution in [1.29, 1.82) is 0 Å². The van der Waals surface area contributed by atoms with E-state index in [0.717, 1.165) is 107 Å². The zero-order valence-corrected chi connectivity index (χ0v) is 71.1. The molecule has 14 unspecified atom stereocenters. The van der Waals surface area contributed by atoms with Gasteiger partial charge in [-0.2, -0.15) is 8.42 Å². The van der Waals surface area contributed by atoms with Gasteiger partial charge in [0.25, 0.3) is 10.1 Å². The van der Waals surface area contributed by atoms with E-state index in [-0.39, 0.29) is 194 Å². The van der Waals surface area contributed by atoms with Gasteiger partial charge in [0.1, 0.15) is 29.0 Å². The number of likely N-dealkylation sites (tertiary alicyclic amines) is 1. The van der Waals surface area contributed by atoms with E-state index >= 15 is 0 Å². The van der Waals surface area contributed by atoms with Crippen molar-refractivity contribution in [3.8, 4) is 0 Å². The second-order valence-corrected chi connectivity index (χ2v) is 42.5. The molecule has 20 heteroatoms. The highest BCUT2D eigenvalue weighted by atomic mass is 32.2. The summed E-state index contributed by atoms with van der Waals surface area (Å²) in [6, 6.07) is 0.269. The highest BCUT2D eigenvalue weighted by molar-refractivity contribution is 7.87. The number of esters is 6. The SMILES string of the molecule is C.C.C.C.C.C.C.C.C.C.C.C.CCC(C)(C)C(=O)N1C(=O)C2C3CC(C4CCCC43)C21.CCC(C)(C)C(=O)OC1(CC)C2CC3CC(C2)CC1C3.CCC(C)(C)C(=O)OC12CC3CC(CC(O)(C3)C1)C2.CCC(C)(C)C(=O)OC1C2CC3C1OS(=O)(=O)C3C2.CCC(C)(C)C(=O)OC1CCOC1=O.CCC1(OC(=O)C(C)(C)CC)CCCCC1. The van der Waals surface area contributed by atoms with Gasteiger partial charge >= 0.3 is 35.8 Å². The summed E-state index contributed by atoms with van der Waals surface area (Å²) < 4.78 is 62.2. The van der Waals surface area contributed by atoms with Crippen molar-refractivity contribution in [3.05, 3.63) is 0 Å². The van der Waals surface area contributed by atoms with Crippen LogP contribution < -0.4 is 0 Å². The predicted octanol–water partition coefficient (Wildman–Crippen LogP) is 24.9. The van der Waals surface area contributed by atoms with Crippen LogP contribution in [0.2, 0.25) is 0 Å². The number of cyclic esters (lactones) is 1. The van der Waals surface area contributed by atoms with Crippen LogP contribution in [-0.2, 0) is 81.1 Å². The van der Waals surface area contributed by atoms with Crippen molar-refractivity contribution in [2.45, 2.75) is 479 Å². The van der Waals surface area contributed by atoms with E-state index in [1.54, 1.807) is 18.7 Å². The fraction of sp³-hybridized carbons (Fsp3) is 0.920. The lowest BCUT2D eigenvalue weighted by atomic mass is 9.49. The highest BCUT2D eigenvalue weighted by Gasteiger charge is 2.71. The maximum absolute atomic E-state index is 12.7. The summed E-state index contributed by atoms with van der Waals surface area (Å²) in [5.74, 6) is 6.65. The van der Waals surface area contributed by atoms with Gasteiger partial charge < -0.3 is 33.5 Å². The van der Waals surface area contributed by atoms with E-state index in [1.165, 1.54) is 83.5 Å². The molecule has 19 nitrogen and oxygen atoms in total. The number of hydrogen-bond acceptors (Lipinski definition) is 18. The number of β-lactam (4-membered cyclic amide) rings is 1. The van der Waals surface area contributed by atoms with Gasteiger partial charge in [0.2, 0.25) is 17.9 Å². The molecule has 0 radical (unpaired) electrons. The Hall–Kier alpha value is -4.17. The lowest BCUT2D eigenvalue weighted by Gasteiger charge is -2.60. The van der Waals surface area contributed by atoms with Crippen molar-refractivity contribution in [3.63, 3.8) is 0 Å². The average molecular weight is 1730 g/mol. The van der Waals surface area contributed by atoms with Crippen LogP contribution >= 0.6 is 0 Å². The molecule has 17 fully saturated rings. The third-order valence-corrected chi connectivity index (χ3v) is 33.1. The number of carbonyl (C=O) groups excluding carboxylic acids is 8. The predicted molar refractivity (Wildman–Crippen MR) is 493 cm³/mol. The second-order valence-electron chi connectivity index (χ2n) is 40.7. The van der Waals surface area contributed by atoms with Crippen LogP contribution in [0.25, 0.3) is 0 Å². The van der Waals surface area contributed by atoms with Gasteiger partial charge in [-0.1, -0.05) is 171 Å². The molecule has 14 saturated carbocycles. The minimum absolute atomic E-state index is 0. The monoisotopic (exact) mass is 1730 g/mol. The van der Waals surface area contributed by atoms with Crippen LogP contribution in [0, 0.1) is 109 Å². The Morgan fingerprint density at radius 3 is 1.32 bits per heavy atom. The first-order valence-electron chi connectivity index (χ1n) is 43.1. The third kappa shape index (κ3) is 24.0. The first-order chi connectivity index (χ1) is 50.3. The number of ether oxygens (including phenoxy) is 6. The molecule has 2 amide bonds. The van der Waals surface area contributed by atoms with Gasteiger partial charge in [0.15, 0.2) is 0 Å². The van der Waals surface area contributed by atoms with E-state index in [9.17, 15) is 51.9 Å². The molecule has 710 valence electrons. The van der Waals surface area contributed by atoms with E-state index in [2.05, 4.69) is 20.8 Å². The topological polar surface area (TPSA) is 259 Å². The van der Waals surface area contributed by atoms with Gasteiger partial charge in [-0.25, -0.2) is 4.79 Å². The van der Waals surface area contributed by atoms with Crippen molar-refractivity contribution in [2.75, 3.05) is 6.61 Å². The Morgan fingerprint density at radius 2 is 0.892 bits per heavy atom. The molecule has 0 aromatic heterocycles. The minimum Gasteiger partial charge on any atom is -0.463 e. The molecule has 0 aromatic carbocycles. The van der Waals surface area contributed by atoms with Crippen LogP contribution in [0.15, 0.2) is 0 Å². The fourth-order valence-corrected chi connectivity index (χ4v) is 24.2. The quantitative estimate of drug-likeness (QED) is 0.0545. The van der Waals surface area contributed by atoms with Gasteiger partial charge in [-0.3, -0.25) is 42.6 Å². The number of aliphatic hydroxyl groups is 1. The lowest BCUT2D eigenvalue weighted by Crippen LogP contribution is -2.68. The summed E-state index contributed by atoms with van der Waals surface area (Å²) in [7, 11) is -3.43. The Morgan fingerprint density at radius 1 is 0.458 bits per heavy atom. The summed E-state index contributed by atoms with van der Waals surface area (Å²) >= 11 is 0. The van der Waals surface area contributed by atoms with E-state index in [1.807, 2.05) is 104 Å². The molecule has 3 saturated heterocycles. The molecule has 120 heavy (non-hydrogen) atoms. The van der Waals surface area contributed by atoms with Gasteiger partial charge in [-0.15, -0.1) is 0 Å². The van der Waals surface area contributed by atoms with E-state index in [4.69, 9.17) is 32.6 Å². The molecule has 17 aliphatic rings. The standard InChI is InChI=1S/C18H30O2.C17H25NO2.C16H26O3.C14H26O2.C13H20O5S.C10H16O4.12CH4/c1-5-17(3,4)16(19)20-18(6-2)14-8-12-7-13(10-14)11-15(18)9-12;1-4-17(2,3)16(20)18-14-12-8-11(13(14)15(18)19)9-6-5-7-10(9)12;1-4-14(2,3)13(17)19-16-8-11-5-12(9-16)7-15(18,6-11)10-16;1-5-13(3,4)12(15)16-14(6-2)10-8-7-9-11-14;1-4-13(2,3)12(14)17-10-7-5-8-9(6-7)19(15,16)18-11(8)10;1-4-10(2,3)9(12)14-7-5-6-13-8(7)11;;;;;;;;;;;;/h12-15H,5-11H2,1-4H3;9-14H,4-8H2,1-3H3;11-12,18H,4-10H2,1-3H3;5-11H2,1-4H3;7-11H,4-6H2,1-3H3;7H,4-6H2,1-3H3;12*1H4. The number of carbonyl (C=O) groups is 8. The molecular formula is C100H191NO18S. The molecule has 17 rings (SSSR count). The molecule has 0 aromatic rings. The highest BCUT2D eigenvalue weighted by Crippen LogP contribution is 2.67. The Balaban J connectivity index is -0.00000135. The van der Waals surface area contributed by atoms with Crippen molar-refractivity contribution in [2.24, 2.45) is 109 Å². The van der Waals surface area contributed by atoms with E-state index < -0.39 is 55.6 Å². The average Bonchev–Trinajstić information content (AvgIpc) is 1.51. The first-order valence-corrected chi connectivity index (χ1v) is 44.6. The normalized spacial score (nSPS) is 33.8. The number of fused-ring (bicyclic) bond motifs is 9. The molecular weight excluding hydrogens is 1540 g/mol. The number of nitrogens with zero attached hydrogens (tertiary/aromatic N) is 1.